The van der Waals surface area contributed by atoms with Crippen LogP contribution in [0.15, 0.2) is 48.1 Å². The van der Waals surface area contributed by atoms with E-state index in [4.69, 9.17) is 16.3 Å². The van der Waals surface area contributed by atoms with E-state index in [1.165, 1.54) is 0 Å². The molecule has 0 spiro atoms. The minimum Gasteiger partial charge on any atom is -0.486 e. The number of halogens is 1. The number of nitrogens with zero attached hydrogens (tertiary/aromatic N) is 2. The monoisotopic (exact) mass is 358 g/mol. The molecule has 1 aromatic carbocycles. The van der Waals surface area contributed by atoms with Crippen molar-refractivity contribution in [1.82, 2.24) is 20.6 Å². The highest BCUT2D eigenvalue weighted by atomic mass is 35.5. The Labute approximate surface area is 153 Å². The Hall–Kier alpha value is -2.11. The van der Waals surface area contributed by atoms with Crippen molar-refractivity contribution in [2.45, 2.75) is 32.9 Å². The molecular weight excluding hydrogens is 336 g/mol. The van der Waals surface area contributed by atoms with Gasteiger partial charge in [0.15, 0.2) is 0 Å². The van der Waals surface area contributed by atoms with E-state index < -0.39 is 0 Å². The van der Waals surface area contributed by atoms with Crippen LogP contribution in [0.5, 0.6) is 0 Å². The molecule has 2 aromatic rings. The van der Waals surface area contributed by atoms with E-state index in [-0.39, 0.29) is 6.10 Å². The third kappa shape index (κ3) is 4.30. The molecule has 2 N–H and O–H groups in total. The summed E-state index contributed by atoms with van der Waals surface area (Å²) in [6.45, 7) is 6.50. The normalized spacial score (nSPS) is 16.0. The second kappa shape index (κ2) is 8.32. The number of benzene rings is 1. The van der Waals surface area contributed by atoms with Gasteiger partial charge in [0.2, 0.25) is 0 Å². The van der Waals surface area contributed by atoms with Crippen LogP contribution in [0.4, 0.5) is 0 Å². The first-order chi connectivity index (χ1) is 12.2. The molecule has 0 aliphatic carbocycles. The van der Waals surface area contributed by atoms with Gasteiger partial charge in [-0.2, -0.15) is 0 Å². The molecule has 5 nitrogen and oxygen atoms in total. The average Bonchev–Trinajstić information content (AvgIpc) is 2.58. The summed E-state index contributed by atoms with van der Waals surface area (Å²) in [5, 5.41) is 7.35. The summed E-state index contributed by atoms with van der Waals surface area (Å²) in [5.74, 6) is 0.896. The molecule has 1 saturated heterocycles. The van der Waals surface area contributed by atoms with Crippen molar-refractivity contribution in [3.05, 3.63) is 58.7 Å². The van der Waals surface area contributed by atoms with Crippen molar-refractivity contribution >= 4 is 22.6 Å². The SMILES string of the molecule is C/C=C(NCc1cc2nccnc2cc1Cl)\C(=C/CC)OC1CNC1. The van der Waals surface area contributed by atoms with E-state index in [0.29, 0.717) is 11.6 Å². The molecule has 6 heteroatoms. The summed E-state index contributed by atoms with van der Waals surface area (Å²) in [6, 6.07) is 3.83. The van der Waals surface area contributed by atoms with Crippen molar-refractivity contribution < 1.29 is 4.74 Å². The zero-order valence-corrected chi connectivity index (χ0v) is 15.3. The Kier molecular flexibility index (Phi) is 5.89. The van der Waals surface area contributed by atoms with Crippen LogP contribution in [-0.4, -0.2) is 29.2 Å². The van der Waals surface area contributed by atoms with E-state index in [2.05, 4.69) is 33.6 Å². The summed E-state index contributed by atoms with van der Waals surface area (Å²) >= 11 is 6.41. The maximum atomic E-state index is 6.41. The van der Waals surface area contributed by atoms with Crippen molar-refractivity contribution in [3.8, 4) is 0 Å². The molecule has 0 amide bonds. The van der Waals surface area contributed by atoms with Crippen LogP contribution in [0.1, 0.15) is 25.8 Å². The Morgan fingerprint density at radius 2 is 2.04 bits per heavy atom. The smallest absolute Gasteiger partial charge is 0.138 e. The van der Waals surface area contributed by atoms with Gasteiger partial charge in [-0.25, -0.2) is 0 Å². The van der Waals surface area contributed by atoms with Gasteiger partial charge in [0.1, 0.15) is 11.9 Å². The fourth-order valence-corrected chi connectivity index (χ4v) is 2.84. The summed E-state index contributed by atoms with van der Waals surface area (Å²) in [7, 11) is 0. The summed E-state index contributed by atoms with van der Waals surface area (Å²) in [5.41, 5.74) is 3.60. The van der Waals surface area contributed by atoms with Gasteiger partial charge in [-0.3, -0.25) is 9.97 Å². The van der Waals surface area contributed by atoms with E-state index in [0.717, 1.165) is 47.6 Å². The quantitative estimate of drug-likeness (QED) is 0.585. The molecule has 0 saturated carbocycles. The van der Waals surface area contributed by atoms with Crippen molar-refractivity contribution in [1.29, 1.82) is 0 Å². The number of allylic oxidation sites excluding steroid dienone is 2. The van der Waals surface area contributed by atoms with Gasteiger partial charge in [0.25, 0.3) is 0 Å². The highest BCUT2D eigenvalue weighted by Crippen LogP contribution is 2.22. The van der Waals surface area contributed by atoms with Gasteiger partial charge >= 0.3 is 0 Å². The second-order valence-electron chi connectivity index (χ2n) is 5.92. The van der Waals surface area contributed by atoms with Crippen LogP contribution >= 0.6 is 11.6 Å². The lowest BCUT2D eigenvalue weighted by atomic mass is 10.1. The third-order valence-electron chi connectivity index (χ3n) is 4.09. The summed E-state index contributed by atoms with van der Waals surface area (Å²) < 4.78 is 6.08. The van der Waals surface area contributed by atoms with E-state index in [1.54, 1.807) is 12.4 Å². The third-order valence-corrected chi connectivity index (χ3v) is 4.44. The topological polar surface area (TPSA) is 59.1 Å². The highest BCUT2D eigenvalue weighted by molar-refractivity contribution is 6.32. The van der Waals surface area contributed by atoms with Gasteiger partial charge in [-0.05, 0) is 37.1 Å². The van der Waals surface area contributed by atoms with Gasteiger partial charge in [-0.1, -0.05) is 24.6 Å². The predicted molar refractivity (Wildman–Crippen MR) is 101 cm³/mol. The standard InChI is InChI=1S/C19H23ClN4O/c1-3-5-19(25-14-11-21-12-14)16(4-2)24-10-13-8-17-18(9-15(13)20)23-7-6-22-17/h4-9,14,21,24H,3,10-12H2,1-2H3/b16-4+,19-5+. The molecule has 1 fully saturated rings. The van der Waals surface area contributed by atoms with E-state index >= 15 is 0 Å². The molecular formula is C19H23ClN4O. The molecule has 0 unspecified atom stereocenters. The van der Waals surface area contributed by atoms with Gasteiger partial charge < -0.3 is 15.4 Å². The van der Waals surface area contributed by atoms with Crippen LogP contribution in [0.3, 0.4) is 0 Å². The van der Waals surface area contributed by atoms with Crippen LogP contribution in [0.2, 0.25) is 5.02 Å². The number of fused-ring (bicyclic) bond motifs is 1. The molecule has 132 valence electrons. The zero-order chi connectivity index (χ0) is 17.6. The molecule has 2 heterocycles. The molecule has 1 aliphatic heterocycles. The van der Waals surface area contributed by atoms with Gasteiger partial charge in [0.05, 0.1) is 16.7 Å². The number of nitrogens with one attached hydrogen (secondary N) is 2. The second-order valence-corrected chi connectivity index (χ2v) is 6.33. The fraction of sp³-hybridized carbons (Fsp3) is 0.368. The number of hydrogen-bond acceptors (Lipinski definition) is 5. The Bertz CT molecular complexity index is 799. The predicted octanol–water partition coefficient (Wildman–Crippen LogP) is 3.56. The number of rotatable bonds is 7. The largest absolute Gasteiger partial charge is 0.486 e. The van der Waals surface area contributed by atoms with Gasteiger partial charge in [0, 0.05) is 37.1 Å². The minimum atomic E-state index is 0.245. The maximum Gasteiger partial charge on any atom is 0.138 e. The summed E-state index contributed by atoms with van der Waals surface area (Å²) in [6.07, 6.45) is 8.65. The van der Waals surface area contributed by atoms with E-state index in [9.17, 15) is 0 Å². The van der Waals surface area contributed by atoms with E-state index in [1.807, 2.05) is 25.1 Å². The minimum absolute atomic E-state index is 0.245. The molecule has 0 radical (unpaired) electrons. The number of hydrogen-bond donors (Lipinski definition) is 2. The zero-order valence-electron chi connectivity index (χ0n) is 14.6. The fourth-order valence-electron chi connectivity index (χ4n) is 2.62. The van der Waals surface area contributed by atoms with Crippen LogP contribution < -0.4 is 10.6 Å². The van der Waals surface area contributed by atoms with Crippen LogP contribution in [0.25, 0.3) is 11.0 Å². The molecule has 1 aromatic heterocycles. The maximum absolute atomic E-state index is 6.41. The Morgan fingerprint density at radius 3 is 2.64 bits per heavy atom. The van der Waals surface area contributed by atoms with Crippen molar-refractivity contribution in [2.24, 2.45) is 0 Å². The first-order valence-corrected chi connectivity index (χ1v) is 8.96. The van der Waals surface area contributed by atoms with Crippen LogP contribution in [-0.2, 0) is 11.3 Å². The lowest BCUT2D eigenvalue weighted by Gasteiger charge is -2.30. The summed E-state index contributed by atoms with van der Waals surface area (Å²) in [4.78, 5) is 8.63. The molecule has 0 bridgehead atoms. The number of ether oxygens (including phenoxy) is 1. The molecule has 3 rings (SSSR count). The Balaban J connectivity index is 1.73. The number of aromatic nitrogens is 2. The van der Waals surface area contributed by atoms with Crippen molar-refractivity contribution in [3.63, 3.8) is 0 Å². The molecule has 0 atom stereocenters. The lowest BCUT2D eigenvalue weighted by Crippen LogP contribution is -2.48. The first-order valence-electron chi connectivity index (χ1n) is 8.58. The highest BCUT2D eigenvalue weighted by Gasteiger charge is 2.20. The molecule has 1 aliphatic rings. The van der Waals surface area contributed by atoms with Gasteiger partial charge in [-0.15, -0.1) is 0 Å². The Morgan fingerprint density at radius 1 is 1.32 bits per heavy atom. The van der Waals surface area contributed by atoms with Crippen LogP contribution in [0, 0.1) is 0 Å². The first kappa shape index (κ1) is 17.7. The lowest BCUT2D eigenvalue weighted by molar-refractivity contribution is 0.0740. The average molecular weight is 359 g/mol. The van der Waals surface area contributed by atoms with Crippen molar-refractivity contribution in [2.75, 3.05) is 13.1 Å². The molecule has 25 heavy (non-hydrogen) atoms.